The molecule has 0 saturated heterocycles. The lowest BCUT2D eigenvalue weighted by molar-refractivity contribution is -0.137. The van der Waals surface area contributed by atoms with Crippen molar-refractivity contribution in [3.05, 3.63) is 84.8 Å². The molecule has 1 aromatic carbocycles. The molecule has 0 unspecified atom stereocenters. The predicted octanol–water partition coefficient (Wildman–Crippen LogP) is 3.57. The second kappa shape index (κ2) is 8.41. The zero-order valence-corrected chi connectivity index (χ0v) is 14.4. The number of nitriles is 1. The van der Waals surface area contributed by atoms with Gasteiger partial charge in [-0.25, -0.2) is 9.48 Å². The third-order valence-electron chi connectivity index (χ3n) is 3.67. The van der Waals surface area contributed by atoms with Crippen LogP contribution in [0.15, 0.2) is 79.3 Å². The topological polar surface area (TPSA) is 80.8 Å². The fraction of sp³-hybridized carbons (Fsp3) is 0.0476. The monoisotopic (exact) mass is 356 g/mol. The van der Waals surface area contributed by atoms with E-state index in [1.807, 2.05) is 42.5 Å². The van der Waals surface area contributed by atoms with Gasteiger partial charge in [-0.15, -0.1) is 0 Å². The average Bonchev–Trinajstić information content (AvgIpc) is 3.15. The molecule has 0 fully saturated rings. The van der Waals surface area contributed by atoms with Crippen LogP contribution >= 0.6 is 0 Å². The van der Waals surface area contributed by atoms with Crippen LogP contribution in [-0.4, -0.2) is 27.3 Å². The molecular formula is C21H16N4O2. The van der Waals surface area contributed by atoms with E-state index in [1.165, 1.54) is 12.2 Å². The summed E-state index contributed by atoms with van der Waals surface area (Å²) in [4.78, 5) is 16.2. The Morgan fingerprint density at radius 3 is 2.74 bits per heavy atom. The van der Waals surface area contributed by atoms with Gasteiger partial charge in [-0.05, 0) is 30.3 Å². The summed E-state index contributed by atoms with van der Waals surface area (Å²) in [5, 5.41) is 14.0. The molecule has 0 aliphatic carbocycles. The Bertz CT molecular complexity index is 1020. The predicted molar refractivity (Wildman–Crippen MR) is 102 cm³/mol. The van der Waals surface area contributed by atoms with E-state index in [9.17, 15) is 10.1 Å². The van der Waals surface area contributed by atoms with E-state index in [4.69, 9.17) is 4.74 Å². The third-order valence-corrected chi connectivity index (χ3v) is 3.67. The van der Waals surface area contributed by atoms with E-state index in [-0.39, 0.29) is 12.2 Å². The number of nitrogens with zero attached hydrogens (tertiary/aromatic N) is 4. The number of carbonyl (C=O) groups is 1. The molecule has 3 aromatic rings. The summed E-state index contributed by atoms with van der Waals surface area (Å²) in [6.07, 6.45) is 8.02. The highest BCUT2D eigenvalue weighted by Gasteiger charge is 2.15. The van der Waals surface area contributed by atoms with Crippen LogP contribution < -0.4 is 0 Å². The Morgan fingerprint density at radius 1 is 1.26 bits per heavy atom. The molecule has 0 radical (unpaired) electrons. The van der Waals surface area contributed by atoms with Gasteiger partial charge >= 0.3 is 5.97 Å². The van der Waals surface area contributed by atoms with Crippen molar-refractivity contribution in [3.8, 4) is 23.0 Å². The first kappa shape index (κ1) is 17.8. The normalized spacial score (nSPS) is 10.9. The molecule has 27 heavy (non-hydrogen) atoms. The summed E-state index contributed by atoms with van der Waals surface area (Å²) in [6.45, 7) is 3.53. The van der Waals surface area contributed by atoms with Crippen LogP contribution in [-0.2, 0) is 9.53 Å². The van der Waals surface area contributed by atoms with Crippen molar-refractivity contribution in [3.63, 3.8) is 0 Å². The van der Waals surface area contributed by atoms with Crippen LogP contribution in [0.3, 0.4) is 0 Å². The number of aromatic nitrogens is 3. The minimum absolute atomic E-state index is 0.0383. The number of benzene rings is 1. The maximum atomic E-state index is 12.1. The molecule has 2 aromatic heterocycles. The SMILES string of the molecule is C=CCOC(=O)/C(C#N)=C/c1cn(-c2ccccc2)nc1-c1cccnc1. The number of esters is 1. The standard InChI is InChI=1S/C21H16N4O2/c1-2-11-27-21(26)17(13-22)12-18-15-25(19-8-4-3-5-9-19)24-20(18)16-7-6-10-23-14-16/h2-10,12,14-15H,1,11H2/b17-12+. The van der Waals surface area contributed by atoms with Crippen molar-refractivity contribution in [2.75, 3.05) is 6.61 Å². The van der Waals surface area contributed by atoms with E-state index < -0.39 is 5.97 Å². The molecule has 0 aliphatic rings. The minimum Gasteiger partial charge on any atom is -0.457 e. The number of pyridine rings is 1. The number of ether oxygens (including phenoxy) is 1. The molecule has 0 spiro atoms. The van der Waals surface area contributed by atoms with E-state index in [2.05, 4.69) is 16.7 Å². The lowest BCUT2D eigenvalue weighted by Gasteiger charge is -2.01. The minimum atomic E-state index is -0.706. The Kier molecular flexibility index (Phi) is 5.55. The molecule has 0 atom stereocenters. The smallest absolute Gasteiger partial charge is 0.349 e. The number of hydrogen-bond acceptors (Lipinski definition) is 5. The van der Waals surface area contributed by atoms with Gasteiger partial charge in [0.15, 0.2) is 0 Å². The number of para-hydroxylation sites is 1. The summed E-state index contributed by atoms with van der Waals surface area (Å²) >= 11 is 0. The van der Waals surface area contributed by atoms with Crippen molar-refractivity contribution in [2.24, 2.45) is 0 Å². The molecule has 6 heteroatoms. The molecule has 3 rings (SSSR count). The van der Waals surface area contributed by atoms with Gasteiger partial charge in [0.05, 0.1) is 5.69 Å². The molecule has 0 N–H and O–H groups in total. The highest BCUT2D eigenvalue weighted by atomic mass is 16.5. The number of carbonyl (C=O) groups excluding carboxylic acids is 1. The first-order chi connectivity index (χ1) is 13.2. The highest BCUT2D eigenvalue weighted by Crippen LogP contribution is 2.25. The van der Waals surface area contributed by atoms with E-state index in [0.29, 0.717) is 11.3 Å². The zero-order chi connectivity index (χ0) is 19.1. The van der Waals surface area contributed by atoms with Gasteiger partial charge in [0.25, 0.3) is 0 Å². The van der Waals surface area contributed by atoms with Crippen molar-refractivity contribution < 1.29 is 9.53 Å². The quantitative estimate of drug-likeness (QED) is 0.292. The van der Waals surface area contributed by atoms with Gasteiger partial charge in [0.2, 0.25) is 0 Å². The van der Waals surface area contributed by atoms with Gasteiger partial charge < -0.3 is 4.74 Å². The van der Waals surface area contributed by atoms with E-state index >= 15 is 0 Å². The highest BCUT2D eigenvalue weighted by molar-refractivity contribution is 5.98. The molecule has 0 bridgehead atoms. The van der Waals surface area contributed by atoms with Gasteiger partial charge in [-0.1, -0.05) is 30.9 Å². The van der Waals surface area contributed by atoms with Crippen LogP contribution in [0, 0.1) is 11.3 Å². The van der Waals surface area contributed by atoms with E-state index in [1.54, 1.807) is 29.3 Å². The Labute approximate surface area is 156 Å². The summed E-state index contributed by atoms with van der Waals surface area (Å²) in [6, 6.07) is 15.1. The maximum Gasteiger partial charge on any atom is 0.349 e. The van der Waals surface area contributed by atoms with Crippen LogP contribution in [0.5, 0.6) is 0 Å². The maximum absolute atomic E-state index is 12.1. The largest absolute Gasteiger partial charge is 0.457 e. The fourth-order valence-corrected chi connectivity index (χ4v) is 2.44. The molecule has 2 heterocycles. The number of hydrogen-bond donors (Lipinski definition) is 0. The van der Waals surface area contributed by atoms with Crippen LogP contribution in [0.4, 0.5) is 0 Å². The summed E-state index contributed by atoms with van der Waals surface area (Å²) in [5.74, 6) is -0.706. The third kappa shape index (κ3) is 4.17. The number of rotatable bonds is 6. The summed E-state index contributed by atoms with van der Waals surface area (Å²) < 4.78 is 6.66. The van der Waals surface area contributed by atoms with Gasteiger partial charge in [-0.2, -0.15) is 10.4 Å². The van der Waals surface area contributed by atoms with Crippen molar-refractivity contribution in [1.29, 1.82) is 5.26 Å². The Morgan fingerprint density at radius 2 is 2.07 bits per heavy atom. The van der Waals surface area contributed by atoms with E-state index in [0.717, 1.165) is 11.3 Å². The Balaban J connectivity index is 2.09. The van der Waals surface area contributed by atoms with Crippen molar-refractivity contribution >= 4 is 12.0 Å². The molecule has 0 aliphatic heterocycles. The van der Waals surface area contributed by atoms with Crippen LogP contribution in [0.2, 0.25) is 0 Å². The van der Waals surface area contributed by atoms with Crippen molar-refractivity contribution in [2.45, 2.75) is 0 Å². The molecule has 0 amide bonds. The molecule has 0 saturated carbocycles. The van der Waals surface area contributed by atoms with Gasteiger partial charge in [0, 0.05) is 29.7 Å². The summed E-state index contributed by atoms with van der Waals surface area (Å²) in [5.41, 5.74) is 2.73. The summed E-state index contributed by atoms with van der Waals surface area (Å²) in [7, 11) is 0. The Hall–Kier alpha value is -3.98. The zero-order valence-electron chi connectivity index (χ0n) is 14.4. The molecule has 132 valence electrons. The second-order valence-corrected chi connectivity index (χ2v) is 5.51. The average molecular weight is 356 g/mol. The molecular weight excluding hydrogens is 340 g/mol. The van der Waals surface area contributed by atoms with Crippen molar-refractivity contribution in [1.82, 2.24) is 14.8 Å². The first-order valence-corrected chi connectivity index (χ1v) is 8.18. The lowest BCUT2D eigenvalue weighted by atomic mass is 10.1. The van der Waals surface area contributed by atoms with Gasteiger partial charge in [0.1, 0.15) is 23.9 Å². The van der Waals surface area contributed by atoms with Crippen LogP contribution in [0.25, 0.3) is 23.0 Å². The van der Waals surface area contributed by atoms with Crippen LogP contribution in [0.1, 0.15) is 5.56 Å². The van der Waals surface area contributed by atoms with Gasteiger partial charge in [-0.3, -0.25) is 4.98 Å². The second-order valence-electron chi connectivity index (χ2n) is 5.51. The fourth-order valence-electron chi connectivity index (χ4n) is 2.44. The molecule has 6 nitrogen and oxygen atoms in total. The lowest BCUT2D eigenvalue weighted by Crippen LogP contribution is -2.06. The first-order valence-electron chi connectivity index (χ1n) is 8.18.